The van der Waals surface area contributed by atoms with Crippen molar-refractivity contribution in [2.75, 3.05) is 31.0 Å². The van der Waals surface area contributed by atoms with Crippen LogP contribution in [0, 0.1) is 17.8 Å². The molecular formula is C32H41N3O6S. The number of rotatable bonds is 11. The molecule has 42 heavy (non-hydrogen) atoms. The number of hydrogen-bond donors (Lipinski definition) is 3. The van der Waals surface area contributed by atoms with Gasteiger partial charge in [-0.2, -0.15) is 0 Å². The minimum absolute atomic E-state index is 0.0422. The van der Waals surface area contributed by atoms with E-state index in [0.717, 1.165) is 6.42 Å². The second-order valence-corrected chi connectivity index (χ2v) is 13.7. The molecule has 2 aromatic carbocycles. The number of benzene rings is 2. The first-order valence-electron chi connectivity index (χ1n) is 14.7. The molecule has 3 aliphatic rings. The van der Waals surface area contributed by atoms with Gasteiger partial charge in [0.15, 0.2) is 0 Å². The van der Waals surface area contributed by atoms with Gasteiger partial charge in [0.2, 0.25) is 17.7 Å². The van der Waals surface area contributed by atoms with Crippen LogP contribution in [-0.2, 0) is 14.4 Å². The van der Waals surface area contributed by atoms with Crippen LogP contribution >= 0.6 is 11.8 Å². The standard InChI is InChI=1S/C32H41N3O6S/c1-6-19(3)24(18-36)35-27(29(38)34-21-8-12-22(40-5)13-9-21)32-17-16-31(4,42-32)25(26(32)30(35)39)28(37)33-20-10-14-23(15-11-20)41-7-2/h8-15,19,24-27,36H,6-7,16-18H2,1-5H3,(H,33,37)(H,34,38)/t19-,24-,25+,26-,27?,31-,32?/m0/s1. The smallest absolute Gasteiger partial charge is 0.248 e. The lowest BCUT2D eigenvalue weighted by molar-refractivity contribution is -0.142. The number of anilines is 2. The summed E-state index contributed by atoms with van der Waals surface area (Å²) >= 11 is 1.61. The van der Waals surface area contributed by atoms with Crippen LogP contribution in [0.2, 0.25) is 0 Å². The monoisotopic (exact) mass is 595 g/mol. The van der Waals surface area contributed by atoms with Gasteiger partial charge in [0.1, 0.15) is 17.5 Å². The summed E-state index contributed by atoms with van der Waals surface area (Å²) in [4.78, 5) is 44.3. The fraction of sp³-hybridized carbons (Fsp3) is 0.531. The number of carbonyl (C=O) groups excluding carboxylic acids is 3. The molecule has 1 spiro atoms. The van der Waals surface area contributed by atoms with E-state index in [2.05, 4.69) is 10.6 Å². The number of carbonyl (C=O) groups is 3. The average Bonchev–Trinajstić information content (AvgIpc) is 3.55. The molecular weight excluding hydrogens is 554 g/mol. The molecule has 0 saturated carbocycles. The molecule has 0 radical (unpaired) electrons. The number of methoxy groups -OCH3 is 1. The number of fused-ring (bicyclic) bond motifs is 1. The van der Waals surface area contributed by atoms with E-state index in [4.69, 9.17) is 9.47 Å². The van der Waals surface area contributed by atoms with Gasteiger partial charge in [0.25, 0.3) is 0 Å². The maximum atomic E-state index is 14.5. The first-order valence-corrected chi connectivity index (χ1v) is 15.6. The lowest BCUT2D eigenvalue weighted by Crippen LogP contribution is -2.56. The Hall–Kier alpha value is -3.24. The Labute approximate surface area is 251 Å². The fourth-order valence-electron chi connectivity index (χ4n) is 7.14. The van der Waals surface area contributed by atoms with Crippen molar-refractivity contribution in [1.82, 2.24) is 4.90 Å². The Bertz CT molecular complexity index is 1320. The summed E-state index contributed by atoms with van der Waals surface area (Å²) in [7, 11) is 1.58. The lowest BCUT2D eigenvalue weighted by Gasteiger charge is -2.39. The number of hydrogen-bond acceptors (Lipinski definition) is 7. The summed E-state index contributed by atoms with van der Waals surface area (Å²) in [5.74, 6) is -0.741. The fourth-order valence-corrected chi connectivity index (χ4v) is 9.48. The third-order valence-corrected chi connectivity index (χ3v) is 11.4. The summed E-state index contributed by atoms with van der Waals surface area (Å²) in [5.41, 5.74) is 1.21. The van der Waals surface area contributed by atoms with Gasteiger partial charge in [-0.3, -0.25) is 14.4 Å². The van der Waals surface area contributed by atoms with Crippen LogP contribution in [-0.4, -0.2) is 69.6 Å². The number of ether oxygens (including phenoxy) is 2. The Morgan fingerprint density at radius 2 is 1.62 bits per heavy atom. The van der Waals surface area contributed by atoms with Crippen LogP contribution in [0.1, 0.15) is 47.0 Å². The van der Waals surface area contributed by atoms with Gasteiger partial charge in [0, 0.05) is 16.1 Å². The van der Waals surface area contributed by atoms with Crippen molar-refractivity contribution < 1.29 is 29.0 Å². The molecule has 3 aliphatic heterocycles. The lowest BCUT2D eigenvalue weighted by atomic mass is 9.66. The molecule has 3 heterocycles. The number of thioether (sulfide) groups is 1. The molecule has 2 unspecified atom stereocenters. The molecule has 3 saturated heterocycles. The minimum Gasteiger partial charge on any atom is -0.497 e. The topological polar surface area (TPSA) is 117 Å². The van der Waals surface area contributed by atoms with Crippen molar-refractivity contribution in [3.63, 3.8) is 0 Å². The van der Waals surface area contributed by atoms with Crippen molar-refractivity contribution in [2.24, 2.45) is 17.8 Å². The van der Waals surface area contributed by atoms with Crippen LogP contribution < -0.4 is 20.1 Å². The van der Waals surface area contributed by atoms with Gasteiger partial charge in [-0.1, -0.05) is 20.3 Å². The Kier molecular flexibility index (Phi) is 8.49. The van der Waals surface area contributed by atoms with E-state index in [1.165, 1.54) is 0 Å². The van der Waals surface area contributed by atoms with E-state index in [1.807, 2.05) is 27.7 Å². The number of nitrogens with zero attached hydrogens (tertiary/aromatic N) is 1. The molecule has 2 aromatic rings. The molecule has 226 valence electrons. The van der Waals surface area contributed by atoms with E-state index < -0.39 is 33.4 Å². The van der Waals surface area contributed by atoms with Gasteiger partial charge in [-0.25, -0.2) is 0 Å². The number of nitrogens with one attached hydrogen (secondary N) is 2. The molecule has 9 nitrogen and oxygen atoms in total. The van der Waals surface area contributed by atoms with Gasteiger partial charge in [-0.15, -0.1) is 11.8 Å². The minimum atomic E-state index is -0.835. The average molecular weight is 596 g/mol. The predicted octanol–water partition coefficient (Wildman–Crippen LogP) is 4.56. The summed E-state index contributed by atoms with van der Waals surface area (Å²) in [5, 5.41) is 16.6. The highest BCUT2D eigenvalue weighted by molar-refractivity contribution is 8.02. The molecule has 0 aromatic heterocycles. The van der Waals surface area contributed by atoms with Gasteiger partial charge in [0.05, 0.1) is 42.9 Å². The van der Waals surface area contributed by atoms with E-state index in [9.17, 15) is 19.5 Å². The molecule has 3 N–H and O–H groups in total. The van der Waals surface area contributed by atoms with Crippen LogP contribution in [0.15, 0.2) is 48.5 Å². The highest BCUT2D eigenvalue weighted by atomic mass is 32.2. The normalized spacial score (nSPS) is 29.1. The molecule has 10 heteroatoms. The number of likely N-dealkylation sites (tertiary alicyclic amines) is 1. The predicted molar refractivity (Wildman–Crippen MR) is 164 cm³/mol. The summed E-state index contributed by atoms with van der Waals surface area (Å²) in [6.45, 7) is 8.23. The van der Waals surface area contributed by atoms with Crippen molar-refractivity contribution in [1.29, 1.82) is 0 Å². The molecule has 5 rings (SSSR count). The largest absolute Gasteiger partial charge is 0.497 e. The van der Waals surface area contributed by atoms with Crippen molar-refractivity contribution in [3.05, 3.63) is 48.5 Å². The molecule has 7 atom stereocenters. The molecule has 0 aliphatic carbocycles. The van der Waals surface area contributed by atoms with Crippen molar-refractivity contribution >= 4 is 40.9 Å². The van der Waals surface area contributed by atoms with Crippen LogP contribution in [0.5, 0.6) is 11.5 Å². The molecule has 3 fully saturated rings. The zero-order valence-electron chi connectivity index (χ0n) is 24.9. The van der Waals surface area contributed by atoms with E-state index in [1.54, 1.807) is 72.3 Å². The molecule has 2 bridgehead atoms. The molecule has 3 amide bonds. The van der Waals surface area contributed by atoms with Crippen LogP contribution in [0.4, 0.5) is 11.4 Å². The quantitative estimate of drug-likeness (QED) is 0.349. The van der Waals surface area contributed by atoms with Gasteiger partial charge in [-0.05, 0) is 81.1 Å². The van der Waals surface area contributed by atoms with Crippen molar-refractivity contribution in [3.8, 4) is 11.5 Å². The summed E-state index contributed by atoms with van der Waals surface area (Å²) in [6, 6.07) is 12.9. The first-order chi connectivity index (χ1) is 20.1. The van der Waals surface area contributed by atoms with Crippen LogP contribution in [0.25, 0.3) is 0 Å². The Balaban J connectivity index is 1.50. The number of aliphatic hydroxyl groups is 1. The number of amides is 3. The second kappa shape index (κ2) is 11.8. The van der Waals surface area contributed by atoms with E-state index in [-0.39, 0.29) is 30.2 Å². The Morgan fingerprint density at radius 1 is 1.02 bits per heavy atom. The van der Waals surface area contributed by atoms with E-state index in [0.29, 0.717) is 42.3 Å². The van der Waals surface area contributed by atoms with E-state index >= 15 is 0 Å². The third-order valence-electron chi connectivity index (χ3n) is 9.38. The SMILES string of the molecule is CCOc1ccc(NC(=O)[C@H]2[C@H]3C(=O)N([C@@H](CO)[C@@H](C)CC)C(C(=O)Nc4ccc(OC)cc4)C34CC[C@]2(C)S4)cc1. The zero-order valence-corrected chi connectivity index (χ0v) is 25.7. The number of aliphatic hydroxyl groups excluding tert-OH is 1. The summed E-state index contributed by atoms with van der Waals surface area (Å²) < 4.78 is 9.48. The third kappa shape index (κ3) is 5.02. The second-order valence-electron chi connectivity index (χ2n) is 11.8. The van der Waals surface area contributed by atoms with Crippen molar-refractivity contribution in [2.45, 2.75) is 68.5 Å². The Morgan fingerprint density at radius 3 is 2.17 bits per heavy atom. The van der Waals surface area contributed by atoms with Gasteiger partial charge < -0.3 is 30.1 Å². The highest BCUT2D eigenvalue weighted by Crippen LogP contribution is 2.71. The summed E-state index contributed by atoms with van der Waals surface area (Å²) in [6.07, 6.45) is 2.06. The zero-order chi connectivity index (χ0) is 30.2. The maximum absolute atomic E-state index is 14.5. The van der Waals surface area contributed by atoms with Gasteiger partial charge >= 0.3 is 0 Å². The maximum Gasteiger partial charge on any atom is 0.248 e. The highest BCUT2D eigenvalue weighted by Gasteiger charge is 2.77. The van der Waals surface area contributed by atoms with Crippen LogP contribution in [0.3, 0.4) is 0 Å². The first kappa shape index (κ1) is 30.2.